The Bertz CT molecular complexity index is 1060. The zero-order chi connectivity index (χ0) is 19.0. The van der Waals surface area contributed by atoms with Crippen molar-refractivity contribution in [2.45, 2.75) is 0 Å². The minimum absolute atomic E-state index is 0.0425. The number of nitro benzene ring substituents is 1. The first kappa shape index (κ1) is 17.1. The largest absolute Gasteiger partial charge is 0.493 e. The maximum atomic E-state index is 10.9. The summed E-state index contributed by atoms with van der Waals surface area (Å²) in [6, 6.07) is 5.74. The smallest absolute Gasteiger partial charge is 0.288 e. The van der Waals surface area contributed by atoms with Crippen LogP contribution in [0.1, 0.15) is 0 Å². The zero-order valence-corrected chi connectivity index (χ0v) is 14.7. The number of benzene rings is 2. The maximum Gasteiger partial charge on any atom is 0.288 e. The van der Waals surface area contributed by atoms with Gasteiger partial charge in [-0.25, -0.2) is 9.97 Å². The number of rotatable bonds is 4. The molecule has 0 spiro atoms. The second-order valence-corrected chi connectivity index (χ2v) is 5.89. The highest BCUT2D eigenvalue weighted by Crippen LogP contribution is 2.47. The molecule has 138 valence electrons. The lowest BCUT2D eigenvalue weighted by atomic mass is 10.1. The van der Waals surface area contributed by atoms with E-state index in [2.05, 4.69) is 9.97 Å². The Labute approximate surface area is 157 Å². The molecule has 0 fully saturated rings. The predicted octanol–water partition coefficient (Wildman–Crippen LogP) is 3.76. The van der Waals surface area contributed by atoms with Crippen molar-refractivity contribution in [3.05, 3.63) is 45.7 Å². The monoisotopic (exact) mass is 389 g/mol. The van der Waals surface area contributed by atoms with E-state index in [4.69, 9.17) is 30.5 Å². The SMILES string of the molecule is COc1cc2ncnc(Oc3ccc([N+](=O)[O-])c(Cl)c3)c2c2c1OCCO2. The molecule has 4 rings (SSSR count). The standard InChI is InChI=1S/C17H12ClN3O6/c1-24-13-7-11-14(16-15(13)25-4-5-26-16)17(20-8-19-11)27-9-2-3-12(21(22)23)10(18)6-9/h2-3,6-8H,4-5H2,1H3. The van der Waals surface area contributed by atoms with E-state index < -0.39 is 4.92 Å². The molecule has 1 aliphatic heterocycles. The number of ether oxygens (including phenoxy) is 4. The Hall–Kier alpha value is -3.33. The summed E-state index contributed by atoms with van der Waals surface area (Å²) in [7, 11) is 1.52. The van der Waals surface area contributed by atoms with Crippen LogP contribution in [0.3, 0.4) is 0 Å². The fourth-order valence-corrected chi connectivity index (χ4v) is 2.96. The number of fused-ring (bicyclic) bond motifs is 3. The summed E-state index contributed by atoms with van der Waals surface area (Å²) in [6.45, 7) is 0.740. The van der Waals surface area contributed by atoms with Gasteiger partial charge in [0.1, 0.15) is 35.7 Å². The molecule has 27 heavy (non-hydrogen) atoms. The molecule has 0 amide bonds. The minimum atomic E-state index is -0.569. The van der Waals surface area contributed by atoms with Gasteiger partial charge in [0.2, 0.25) is 11.6 Å². The van der Waals surface area contributed by atoms with Crippen molar-refractivity contribution in [3.63, 3.8) is 0 Å². The molecule has 9 nitrogen and oxygen atoms in total. The van der Waals surface area contributed by atoms with Gasteiger partial charge in [0.25, 0.3) is 5.69 Å². The fourth-order valence-electron chi connectivity index (χ4n) is 2.72. The lowest BCUT2D eigenvalue weighted by Crippen LogP contribution is -2.16. The molecule has 2 heterocycles. The topological polar surface area (TPSA) is 106 Å². The van der Waals surface area contributed by atoms with E-state index in [1.54, 1.807) is 6.07 Å². The number of aromatic nitrogens is 2. The van der Waals surface area contributed by atoms with Crippen LogP contribution in [0.4, 0.5) is 5.69 Å². The van der Waals surface area contributed by atoms with Gasteiger partial charge in [0.15, 0.2) is 11.5 Å². The molecule has 0 atom stereocenters. The molecule has 10 heteroatoms. The van der Waals surface area contributed by atoms with Gasteiger partial charge in [-0.3, -0.25) is 10.1 Å². The normalized spacial score (nSPS) is 12.7. The number of nitrogens with zero attached hydrogens (tertiary/aromatic N) is 3. The molecule has 0 aliphatic carbocycles. The summed E-state index contributed by atoms with van der Waals surface area (Å²) in [5.74, 6) is 1.83. The summed E-state index contributed by atoms with van der Waals surface area (Å²) >= 11 is 5.95. The van der Waals surface area contributed by atoms with Gasteiger partial charge >= 0.3 is 0 Å². The van der Waals surface area contributed by atoms with Crippen molar-refractivity contribution in [2.24, 2.45) is 0 Å². The van der Waals surface area contributed by atoms with Crippen molar-refractivity contribution in [2.75, 3.05) is 20.3 Å². The quantitative estimate of drug-likeness (QED) is 0.490. The summed E-state index contributed by atoms with van der Waals surface area (Å²) in [5.41, 5.74) is 0.324. The average molecular weight is 390 g/mol. The highest BCUT2D eigenvalue weighted by Gasteiger charge is 2.25. The third-order valence-electron chi connectivity index (χ3n) is 3.89. The van der Waals surface area contributed by atoms with Crippen LogP contribution in [0.2, 0.25) is 5.02 Å². The Balaban J connectivity index is 1.83. The first-order valence-electron chi connectivity index (χ1n) is 7.81. The molecule has 0 bridgehead atoms. The van der Waals surface area contributed by atoms with Crippen LogP contribution in [0.15, 0.2) is 30.6 Å². The van der Waals surface area contributed by atoms with Crippen LogP contribution in [0, 0.1) is 10.1 Å². The van der Waals surface area contributed by atoms with Gasteiger partial charge in [-0.05, 0) is 6.07 Å². The van der Waals surface area contributed by atoms with Gasteiger partial charge in [0.05, 0.1) is 17.5 Å². The highest BCUT2D eigenvalue weighted by atomic mass is 35.5. The van der Waals surface area contributed by atoms with Crippen LogP contribution in [0.25, 0.3) is 10.9 Å². The second kappa shape index (κ2) is 6.76. The Kier molecular flexibility index (Phi) is 4.28. The predicted molar refractivity (Wildman–Crippen MR) is 95.3 cm³/mol. The third kappa shape index (κ3) is 3.02. The van der Waals surface area contributed by atoms with Gasteiger partial charge < -0.3 is 18.9 Å². The minimum Gasteiger partial charge on any atom is -0.493 e. The van der Waals surface area contributed by atoms with Crippen LogP contribution in [-0.4, -0.2) is 35.2 Å². The van der Waals surface area contributed by atoms with Crippen molar-refractivity contribution < 1.29 is 23.9 Å². The number of nitro groups is 1. The van der Waals surface area contributed by atoms with E-state index in [9.17, 15) is 10.1 Å². The molecular formula is C17H12ClN3O6. The summed E-state index contributed by atoms with van der Waals surface area (Å²) in [4.78, 5) is 18.7. The first-order chi connectivity index (χ1) is 13.1. The van der Waals surface area contributed by atoms with Gasteiger partial charge in [-0.2, -0.15) is 0 Å². The van der Waals surface area contributed by atoms with Crippen LogP contribution >= 0.6 is 11.6 Å². The molecule has 0 radical (unpaired) electrons. The van der Waals surface area contributed by atoms with Crippen LogP contribution < -0.4 is 18.9 Å². The van der Waals surface area contributed by atoms with Gasteiger partial charge in [-0.15, -0.1) is 0 Å². The van der Waals surface area contributed by atoms with E-state index in [-0.39, 0.29) is 22.3 Å². The second-order valence-electron chi connectivity index (χ2n) is 5.48. The van der Waals surface area contributed by atoms with E-state index >= 15 is 0 Å². The number of methoxy groups -OCH3 is 1. The van der Waals surface area contributed by atoms with Crippen LogP contribution in [-0.2, 0) is 0 Å². The summed E-state index contributed by atoms with van der Waals surface area (Å²) in [5, 5.41) is 11.4. The Morgan fingerprint density at radius 3 is 2.67 bits per heavy atom. The van der Waals surface area contributed by atoms with Gasteiger partial charge in [-0.1, -0.05) is 11.6 Å². The third-order valence-corrected chi connectivity index (χ3v) is 4.20. The summed E-state index contributed by atoms with van der Waals surface area (Å²) in [6.07, 6.45) is 1.33. The van der Waals surface area contributed by atoms with Crippen molar-refractivity contribution in [1.29, 1.82) is 0 Å². The maximum absolute atomic E-state index is 10.9. The van der Waals surface area contributed by atoms with E-state index in [0.29, 0.717) is 41.4 Å². The molecule has 0 unspecified atom stereocenters. The zero-order valence-electron chi connectivity index (χ0n) is 14.0. The molecule has 0 saturated heterocycles. The van der Waals surface area contributed by atoms with E-state index in [0.717, 1.165) is 0 Å². The van der Waals surface area contributed by atoms with Crippen molar-refractivity contribution in [3.8, 4) is 28.9 Å². The molecular weight excluding hydrogens is 378 g/mol. The van der Waals surface area contributed by atoms with E-state index in [1.807, 2.05) is 0 Å². The number of hydrogen-bond donors (Lipinski definition) is 0. The summed E-state index contributed by atoms with van der Waals surface area (Å²) < 4.78 is 22.6. The lowest BCUT2D eigenvalue weighted by Gasteiger charge is -2.22. The lowest BCUT2D eigenvalue weighted by molar-refractivity contribution is -0.384. The van der Waals surface area contributed by atoms with Crippen molar-refractivity contribution in [1.82, 2.24) is 9.97 Å². The molecule has 0 N–H and O–H groups in total. The average Bonchev–Trinajstić information content (AvgIpc) is 2.67. The molecule has 3 aromatic rings. The van der Waals surface area contributed by atoms with Crippen molar-refractivity contribution >= 4 is 28.2 Å². The fraction of sp³-hybridized carbons (Fsp3) is 0.176. The Morgan fingerprint density at radius 1 is 1.19 bits per heavy atom. The van der Waals surface area contributed by atoms with Crippen LogP contribution in [0.5, 0.6) is 28.9 Å². The molecule has 0 saturated carbocycles. The number of halogens is 1. The Morgan fingerprint density at radius 2 is 1.96 bits per heavy atom. The van der Waals surface area contributed by atoms with Gasteiger partial charge in [0, 0.05) is 18.2 Å². The number of hydrogen-bond acceptors (Lipinski definition) is 8. The molecule has 1 aromatic heterocycles. The first-order valence-corrected chi connectivity index (χ1v) is 8.19. The highest BCUT2D eigenvalue weighted by molar-refractivity contribution is 6.32. The van der Waals surface area contributed by atoms with E-state index in [1.165, 1.54) is 31.6 Å². The molecule has 2 aromatic carbocycles. The molecule has 1 aliphatic rings.